The summed E-state index contributed by atoms with van der Waals surface area (Å²) in [6.07, 6.45) is 2.41. The van der Waals surface area contributed by atoms with Gasteiger partial charge in [-0.2, -0.15) is 0 Å². The van der Waals surface area contributed by atoms with Crippen LogP contribution in [0.4, 0.5) is 0 Å². The molecule has 0 spiro atoms. The van der Waals surface area contributed by atoms with E-state index in [0.29, 0.717) is 0 Å². The van der Waals surface area contributed by atoms with Crippen molar-refractivity contribution in [3.05, 3.63) is 149 Å². The summed E-state index contributed by atoms with van der Waals surface area (Å²) in [5, 5.41) is 0. The molecule has 0 aliphatic carbocycles. The van der Waals surface area contributed by atoms with E-state index in [2.05, 4.69) is 128 Å². The first-order valence-corrected chi connectivity index (χ1v) is 9.75. The van der Waals surface area contributed by atoms with Crippen molar-refractivity contribution >= 4 is 5.57 Å². The molecule has 0 nitrogen and oxygen atoms in total. The van der Waals surface area contributed by atoms with Crippen LogP contribution in [-0.4, -0.2) is 0 Å². The normalized spacial score (nSPS) is 11.6. The SMILES string of the molecule is Cc1ccc(/C(=C/C(c2ccccc2)c2ccccc2)c2ccccc2)cc1. The smallest absolute Gasteiger partial charge is 0.0278 e. The number of hydrogen-bond donors (Lipinski definition) is 0. The lowest BCUT2D eigenvalue weighted by Gasteiger charge is -2.18. The van der Waals surface area contributed by atoms with Gasteiger partial charge in [0.05, 0.1) is 0 Å². The Morgan fingerprint density at radius 1 is 0.536 bits per heavy atom. The maximum absolute atomic E-state index is 2.41. The van der Waals surface area contributed by atoms with Gasteiger partial charge in [-0.3, -0.25) is 0 Å². The lowest BCUT2D eigenvalue weighted by molar-refractivity contribution is 1.03. The number of benzene rings is 4. The van der Waals surface area contributed by atoms with Crippen LogP contribution in [0.25, 0.3) is 5.57 Å². The molecule has 0 radical (unpaired) electrons. The third-order valence-electron chi connectivity index (χ3n) is 5.10. The largest absolute Gasteiger partial charge is 0.0642 e. The Morgan fingerprint density at radius 2 is 0.964 bits per heavy atom. The summed E-state index contributed by atoms with van der Waals surface area (Å²) in [5.41, 5.74) is 7.62. The number of aryl methyl sites for hydroxylation is 1. The van der Waals surface area contributed by atoms with E-state index in [4.69, 9.17) is 0 Å². The Hall–Kier alpha value is -3.38. The van der Waals surface area contributed by atoms with Gasteiger partial charge in [-0.15, -0.1) is 0 Å². The van der Waals surface area contributed by atoms with E-state index in [1.165, 1.54) is 33.4 Å². The molecular formula is C28H24. The first kappa shape index (κ1) is 18.0. The Bertz CT molecular complexity index is 988. The standard InChI is InChI=1S/C28H24/c1-22-17-19-26(20-18-22)28(25-15-9-4-10-16-25)21-27(23-11-5-2-6-12-23)24-13-7-3-8-14-24/h2-21,27H,1H3/b28-21+. The first-order valence-electron chi connectivity index (χ1n) is 9.75. The molecule has 4 rings (SSSR count). The van der Waals surface area contributed by atoms with Crippen molar-refractivity contribution in [2.45, 2.75) is 12.8 Å². The minimum atomic E-state index is 0.193. The maximum atomic E-state index is 2.41. The fraction of sp³-hybridized carbons (Fsp3) is 0.0714. The lowest BCUT2D eigenvalue weighted by Crippen LogP contribution is -2.00. The van der Waals surface area contributed by atoms with Crippen LogP contribution in [0.3, 0.4) is 0 Å². The van der Waals surface area contributed by atoms with Crippen LogP contribution < -0.4 is 0 Å². The van der Waals surface area contributed by atoms with Crippen LogP contribution in [0.1, 0.15) is 33.7 Å². The van der Waals surface area contributed by atoms with E-state index in [9.17, 15) is 0 Å². The summed E-state index contributed by atoms with van der Waals surface area (Å²) in [5.74, 6) is 0.193. The van der Waals surface area contributed by atoms with E-state index in [1.54, 1.807) is 0 Å². The van der Waals surface area contributed by atoms with Gasteiger partial charge in [-0.25, -0.2) is 0 Å². The molecule has 0 aromatic heterocycles. The van der Waals surface area contributed by atoms with Crippen molar-refractivity contribution in [2.24, 2.45) is 0 Å². The van der Waals surface area contributed by atoms with Crippen molar-refractivity contribution in [3.63, 3.8) is 0 Å². The highest BCUT2D eigenvalue weighted by Gasteiger charge is 2.14. The Kier molecular flexibility index (Phi) is 5.49. The van der Waals surface area contributed by atoms with Crippen molar-refractivity contribution < 1.29 is 0 Å². The minimum absolute atomic E-state index is 0.193. The Balaban J connectivity index is 1.90. The fourth-order valence-electron chi connectivity index (χ4n) is 3.58. The summed E-state index contributed by atoms with van der Waals surface area (Å²) in [7, 11) is 0. The second-order valence-corrected chi connectivity index (χ2v) is 7.11. The third kappa shape index (κ3) is 4.13. The quantitative estimate of drug-likeness (QED) is 0.351. The summed E-state index contributed by atoms with van der Waals surface area (Å²) in [6.45, 7) is 2.13. The second kappa shape index (κ2) is 8.54. The molecule has 0 aliphatic rings. The van der Waals surface area contributed by atoms with Crippen LogP contribution >= 0.6 is 0 Å². The van der Waals surface area contributed by atoms with Crippen LogP contribution in [0.15, 0.2) is 121 Å². The average molecular weight is 361 g/mol. The van der Waals surface area contributed by atoms with Crippen molar-refractivity contribution in [1.29, 1.82) is 0 Å². The van der Waals surface area contributed by atoms with Gasteiger partial charge < -0.3 is 0 Å². The van der Waals surface area contributed by atoms with E-state index in [0.717, 1.165) is 0 Å². The van der Waals surface area contributed by atoms with Gasteiger partial charge in [0.2, 0.25) is 0 Å². The van der Waals surface area contributed by atoms with Crippen LogP contribution in [0, 0.1) is 6.92 Å². The molecule has 4 aromatic carbocycles. The van der Waals surface area contributed by atoms with Gasteiger partial charge in [0.25, 0.3) is 0 Å². The lowest BCUT2D eigenvalue weighted by atomic mass is 9.86. The van der Waals surface area contributed by atoms with Crippen molar-refractivity contribution in [2.75, 3.05) is 0 Å². The second-order valence-electron chi connectivity index (χ2n) is 7.11. The highest BCUT2D eigenvalue weighted by molar-refractivity contribution is 5.81. The number of allylic oxidation sites excluding steroid dienone is 1. The predicted molar refractivity (Wildman–Crippen MR) is 119 cm³/mol. The molecule has 4 aromatic rings. The molecule has 0 N–H and O–H groups in total. The van der Waals surface area contributed by atoms with Gasteiger partial charge >= 0.3 is 0 Å². The van der Waals surface area contributed by atoms with Crippen molar-refractivity contribution in [1.82, 2.24) is 0 Å². The average Bonchev–Trinajstić information content (AvgIpc) is 2.77. The summed E-state index contributed by atoms with van der Waals surface area (Å²) in [4.78, 5) is 0. The highest BCUT2D eigenvalue weighted by Crippen LogP contribution is 2.32. The molecule has 0 unspecified atom stereocenters. The molecule has 0 aliphatic heterocycles. The van der Waals surface area contributed by atoms with E-state index in [-0.39, 0.29) is 5.92 Å². The van der Waals surface area contributed by atoms with Gasteiger partial charge in [-0.1, -0.05) is 127 Å². The topological polar surface area (TPSA) is 0 Å². The van der Waals surface area contributed by atoms with Crippen LogP contribution in [0.2, 0.25) is 0 Å². The number of rotatable bonds is 5. The fourth-order valence-corrected chi connectivity index (χ4v) is 3.58. The molecule has 0 fully saturated rings. The summed E-state index contributed by atoms with van der Waals surface area (Å²) < 4.78 is 0. The minimum Gasteiger partial charge on any atom is -0.0642 e. The molecule has 0 amide bonds. The Morgan fingerprint density at radius 3 is 1.46 bits per heavy atom. The van der Waals surface area contributed by atoms with Gasteiger partial charge in [0.1, 0.15) is 0 Å². The van der Waals surface area contributed by atoms with Gasteiger partial charge in [0.15, 0.2) is 0 Å². The van der Waals surface area contributed by atoms with E-state index >= 15 is 0 Å². The zero-order valence-corrected chi connectivity index (χ0v) is 16.1. The monoisotopic (exact) mass is 360 g/mol. The van der Waals surface area contributed by atoms with Gasteiger partial charge in [0, 0.05) is 5.92 Å². The molecule has 0 bridgehead atoms. The van der Waals surface area contributed by atoms with E-state index in [1.807, 2.05) is 0 Å². The zero-order chi connectivity index (χ0) is 19.2. The third-order valence-corrected chi connectivity index (χ3v) is 5.10. The summed E-state index contributed by atoms with van der Waals surface area (Å²) >= 11 is 0. The molecule has 0 saturated heterocycles. The Labute approximate surface area is 167 Å². The molecular weight excluding hydrogens is 336 g/mol. The van der Waals surface area contributed by atoms with Crippen LogP contribution in [0.5, 0.6) is 0 Å². The maximum Gasteiger partial charge on any atom is 0.0278 e. The van der Waals surface area contributed by atoms with E-state index < -0.39 is 0 Å². The van der Waals surface area contributed by atoms with Crippen LogP contribution in [-0.2, 0) is 0 Å². The predicted octanol–water partition coefficient (Wildman–Crippen LogP) is 7.26. The molecule has 28 heavy (non-hydrogen) atoms. The molecule has 0 heterocycles. The summed E-state index contributed by atoms with van der Waals surface area (Å²) in [6, 6.07) is 41.0. The molecule has 0 saturated carbocycles. The van der Waals surface area contributed by atoms with Gasteiger partial charge in [-0.05, 0) is 34.8 Å². The zero-order valence-electron chi connectivity index (χ0n) is 16.1. The van der Waals surface area contributed by atoms with Crippen molar-refractivity contribution in [3.8, 4) is 0 Å². The molecule has 0 atom stereocenters. The molecule has 0 heteroatoms. The first-order chi connectivity index (χ1) is 13.8. The molecule has 136 valence electrons. The number of hydrogen-bond acceptors (Lipinski definition) is 0. The highest BCUT2D eigenvalue weighted by atomic mass is 14.2.